The zero-order valence-electron chi connectivity index (χ0n) is 10.7. The molecule has 1 aliphatic heterocycles. The fraction of sp³-hybridized carbons (Fsp3) is 0.667. The molecule has 0 bridgehead atoms. The monoisotopic (exact) mass is 369 g/mol. The Labute approximate surface area is 127 Å². The third-order valence-electron chi connectivity index (χ3n) is 3.42. The van der Waals surface area contributed by atoms with Crippen LogP contribution in [0.4, 0.5) is 0 Å². The highest BCUT2D eigenvalue weighted by molar-refractivity contribution is 9.10. The minimum absolute atomic E-state index is 0.0220. The van der Waals surface area contributed by atoms with E-state index in [-0.39, 0.29) is 21.5 Å². The van der Waals surface area contributed by atoms with Crippen molar-refractivity contribution in [3.05, 3.63) is 16.5 Å². The van der Waals surface area contributed by atoms with Crippen LogP contribution in [-0.4, -0.2) is 25.3 Å². The van der Waals surface area contributed by atoms with Crippen LogP contribution in [-0.2, 0) is 15.9 Å². The summed E-state index contributed by atoms with van der Waals surface area (Å²) in [5.74, 6) is 0.610. The Morgan fingerprint density at radius 2 is 2.21 bits per heavy atom. The second kappa shape index (κ2) is 6.16. The third kappa shape index (κ3) is 3.17. The number of hydrogen-bond acceptors (Lipinski definition) is 3. The Morgan fingerprint density at radius 3 is 2.84 bits per heavy atom. The van der Waals surface area contributed by atoms with Gasteiger partial charge in [0.2, 0.25) is 10.0 Å². The van der Waals surface area contributed by atoms with Crippen molar-refractivity contribution >= 4 is 37.6 Å². The van der Waals surface area contributed by atoms with Crippen LogP contribution in [0, 0.1) is 0 Å². The average molecular weight is 371 g/mol. The van der Waals surface area contributed by atoms with Gasteiger partial charge in [0, 0.05) is 18.7 Å². The van der Waals surface area contributed by atoms with E-state index in [2.05, 4.69) is 15.9 Å². The molecule has 0 radical (unpaired) electrons. The summed E-state index contributed by atoms with van der Waals surface area (Å²) >= 11 is 8.85. The van der Waals surface area contributed by atoms with Gasteiger partial charge in [-0.25, -0.2) is 8.42 Å². The summed E-state index contributed by atoms with van der Waals surface area (Å²) in [7, 11) is -3.52. The van der Waals surface area contributed by atoms with Crippen LogP contribution in [0.1, 0.15) is 38.4 Å². The zero-order valence-corrected chi connectivity index (χ0v) is 13.9. The quantitative estimate of drug-likeness (QED) is 0.762. The van der Waals surface area contributed by atoms with E-state index in [0.29, 0.717) is 12.3 Å². The highest BCUT2D eigenvalue weighted by Crippen LogP contribution is 2.32. The summed E-state index contributed by atoms with van der Waals surface area (Å²) in [5.41, 5.74) is 0. The van der Waals surface area contributed by atoms with Gasteiger partial charge in [0.05, 0.1) is 5.88 Å². The fourth-order valence-electron chi connectivity index (χ4n) is 2.37. The summed E-state index contributed by atoms with van der Waals surface area (Å²) in [4.78, 5) is 0.178. The van der Waals surface area contributed by atoms with E-state index in [1.54, 1.807) is 4.31 Å². The predicted octanol–water partition coefficient (Wildman–Crippen LogP) is 3.73. The predicted molar refractivity (Wildman–Crippen MR) is 77.8 cm³/mol. The summed E-state index contributed by atoms with van der Waals surface area (Å²) in [6.45, 7) is 2.52. The highest BCUT2D eigenvalue weighted by Gasteiger charge is 2.33. The number of halogens is 2. The molecular formula is C12H17BrClNO3S. The third-order valence-corrected chi connectivity index (χ3v) is 6.55. The minimum Gasteiger partial charge on any atom is -0.452 e. The van der Waals surface area contributed by atoms with Crippen LogP contribution < -0.4 is 0 Å². The fourth-order valence-corrected chi connectivity index (χ4v) is 5.17. The maximum atomic E-state index is 12.7. The SMILES string of the molecule is CC1CCCCCN1S(=O)(=O)c1cc(CCl)oc1Br. The Kier molecular flexibility index (Phi) is 4.98. The van der Waals surface area contributed by atoms with E-state index in [1.165, 1.54) is 6.07 Å². The Bertz CT molecular complexity index is 543. The molecular weight excluding hydrogens is 354 g/mol. The van der Waals surface area contributed by atoms with Crippen LogP contribution >= 0.6 is 27.5 Å². The molecule has 1 fully saturated rings. The Morgan fingerprint density at radius 1 is 1.47 bits per heavy atom. The number of alkyl halides is 1. The first-order valence-electron chi connectivity index (χ1n) is 6.33. The van der Waals surface area contributed by atoms with Crippen molar-refractivity contribution in [3.8, 4) is 0 Å². The smallest absolute Gasteiger partial charge is 0.247 e. The summed E-state index contributed by atoms with van der Waals surface area (Å²) in [5, 5.41) is 0. The van der Waals surface area contributed by atoms with Crippen molar-refractivity contribution in [2.45, 2.75) is 49.4 Å². The van der Waals surface area contributed by atoms with Crippen molar-refractivity contribution in [2.75, 3.05) is 6.54 Å². The normalized spacial score (nSPS) is 22.4. The van der Waals surface area contributed by atoms with Crippen molar-refractivity contribution in [2.24, 2.45) is 0 Å². The molecule has 0 N–H and O–H groups in total. The van der Waals surface area contributed by atoms with Gasteiger partial charge in [0.25, 0.3) is 0 Å². The van der Waals surface area contributed by atoms with Gasteiger partial charge in [-0.1, -0.05) is 12.8 Å². The lowest BCUT2D eigenvalue weighted by Gasteiger charge is -2.25. The number of nitrogens with zero attached hydrogens (tertiary/aromatic N) is 1. The zero-order chi connectivity index (χ0) is 14.0. The maximum absolute atomic E-state index is 12.7. The van der Waals surface area contributed by atoms with Gasteiger partial charge in [-0.15, -0.1) is 11.6 Å². The van der Waals surface area contributed by atoms with E-state index in [4.69, 9.17) is 16.0 Å². The molecule has 1 aliphatic rings. The van der Waals surface area contributed by atoms with E-state index in [9.17, 15) is 8.42 Å². The molecule has 0 aliphatic carbocycles. The van der Waals surface area contributed by atoms with Gasteiger partial charge in [-0.3, -0.25) is 0 Å². The van der Waals surface area contributed by atoms with Crippen LogP contribution in [0.15, 0.2) is 20.0 Å². The molecule has 0 amide bonds. The maximum Gasteiger partial charge on any atom is 0.247 e. The lowest BCUT2D eigenvalue weighted by Crippen LogP contribution is -2.38. The van der Waals surface area contributed by atoms with Crippen molar-refractivity contribution in [1.29, 1.82) is 0 Å². The number of rotatable bonds is 3. The molecule has 2 rings (SSSR count). The summed E-state index contributed by atoms with van der Waals surface area (Å²) < 4.78 is 32.5. The van der Waals surface area contributed by atoms with Crippen LogP contribution in [0.3, 0.4) is 0 Å². The number of sulfonamides is 1. The van der Waals surface area contributed by atoms with Gasteiger partial charge in [-0.05, 0) is 35.7 Å². The average Bonchev–Trinajstić information content (AvgIpc) is 2.61. The Balaban J connectivity index is 2.37. The Hall–Kier alpha value is -0.0400. The first-order chi connectivity index (χ1) is 8.96. The molecule has 0 spiro atoms. The molecule has 1 atom stereocenters. The van der Waals surface area contributed by atoms with E-state index < -0.39 is 10.0 Å². The van der Waals surface area contributed by atoms with Crippen molar-refractivity contribution < 1.29 is 12.8 Å². The lowest BCUT2D eigenvalue weighted by atomic mass is 10.1. The molecule has 19 heavy (non-hydrogen) atoms. The van der Waals surface area contributed by atoms with Crippen molar-refractivity contribution in [3.63, 3.8) is 0 Å². The van der Waals surface area contributed by atoms with Gasteiger partial charge in [-0.2, -0.15) is 4.31 Å². The second-order valence-electron chi connectivity index (χ2n) is 4.80. The molecule has 1 aromatic rings. The van der Waals surface area contributed by atoms with E-state index >= 15 is 0 Å². The topological polar surface area (TPSA) is 50.5 Å². The molecule has 4 nitrogen and oxygen atoms in total. The van der Waals surface area contributed by atoms with Gasteiger partial charge in [0.15, 0.2) is 4.67 Å². The van der Waals surface area contributed by atoms with E-state index in [0.717, 1.165) is 25.7 Å². The molecule has 2 heterocycles. The largest absolute Gasteiger partial charge is 0.452 e. The molecule has 108 valence electrons. The van der Waals surface area contributed by atoms with Crippen LogP contribution in [0.2, 0.25) is 0 Å². The number of furan rings is 1. The van der Waals surface area contributed by atoms with Crippen LogP contribution in [0.25, 0.3) is 0 Å². The van der Waals surface area contributed by atoms with Gasteiger partial charge < -0.3 is 4.42 Å². The summed E-state index contributed by atoms with van der Waals surface area (Å²) in [6.07, 6.45) is 3.96. The first kappa shape index (κ1) is 15.4. The van der Waals surface area contributed by atoms with Gasteiger partial charge >= 0.3 is 0 Å². The molecule has 1 unspecified atom stereocenters. The molecule has 1 aromatic heterocycles. The molecule has 1 saturated heterocycles. The lowest BCUT2D eigenvalue weighted by molar-refractivity contribution is 0.341. The molecule has 0 saturated carbocycles. The van der Waals surface area contributed by atoms with Crippen LogP contribution in [0.5, 0.6) is 0 Å². The highest BCUT2D eigenvalue weighted by atomic mass is 79.9. The first-order valence-corrected chi connectivity index (χ1v) is 9.09. The van der Waals surface area contributed by atoms with Crippen molar-refractivity contribution in [1.82, 2.24) is 4.31 Å². The minimum atomic E-state index is -3.52. The number of hydrogen-bond donors (Lipinski definition) is 0. The second-order valence-corrected chi connectivity index (χ2v) is 7.64. The summed E-state index contributed by atoms with van der Waals surface area (Å²) in [6, 6.07) is 1.53. The molecule has 7 heteroatoms. The molecule has 0 aromatic carbocycles. The standard InChI is InChI=1S/C12H17BrClNO3S/c1-9-5-3-2-4-6-15(9)19(16,17)11-7-10(8-14)18-12(11)13/h7,9H,2-6,8H2,1H3. The van der Waals surface area contributed by atoms with E-state index in [1.807, 2.05) is 6.92 Å². The van der Waals surface area contributed by atoms with Gasteiger partial charge in [0.1, 0.15) is 10.7 Å².